The van der Waals surface area contributed by atoms with Crippen molar-refractivity contribution >= 4 is 34.5 Å². The highest BCUT2D eigenvalue weighted by atomic mass is 35.5. The van der Waals surface area contributed by atoms with E-state index in [2.05, 4.69) is 25.6 Å². The average molecular weight is 409 g/mol. The van der Waals surface area contributed by atoms with Gasteiger partial charge in [-0.3, -0.25) is 4.79 Å². The number of carbonyl (C=O) groups is 1. The lowest BCUT2D eigenvalue weighted by Gasteiger charge is -2.18. The Hall–Kier alpha value is -1.97. The molecule has 4 rings (SSSR count). The molecule has 28 heavy (non-hydrogen) atoms. The first kappa shape index (κ1) is 19.4. The molecule has 2 saturated carbocycles. The summed E-state index contributed by atoms with van der Waals surface area (Å²) < 4.78 is 1.72. The Bertz CT molecular complexity index is 868. The molecule has 4 N–H and O–H groups in total. The Morgan fingerprint density at radius 2 is 2.04 bits per heavy atom. The van der Waals surface area contributed by atoms with Gasteiger partial charge in [-0.2, -0.15) is 9.97 Å². The summed E-state index contributed by atoms with van der Waals surface area (Å²) in [5, 5.41) is 27.2. The molecule has 0 aliphatic heterocycles. The molecule has 2 aliphatic rings. The molecular weight excluding hydrogens is 384 g/mol. The Morgan fingerprint density at radius 1 is 1.29 bits per heavy atom. The van der Waals surface area contributed by atoms with E-state index in [1.807, 2.05) is 0 Å². The van der Waals surface area contributed by atoms with Crippen molar-refractivity contribution in [3.8, 4) is 0 Å². The summed E-state index contributed by atoms with van der Waals surface area (Å²) in [4.78, 5) is 24.8. The first-order valence-corrected chi connectivity index (χ1v) is 10.2. The smallest absolute Gasteiger partial charge is 0.226 e. The van der Waals surface area contributed by atoms with Crippen LogP contribution in [0.3, 0.4) is 0 Å². The number of rotatable bonds is 5. The molecule has 2 fully saturated rings. The molecule has 0 aromatic carbocycles. The number of nitrogens with zero attached hydrogens (tertiary/aromatic N) is 4. The minimum Gasteiger partial charge on any atom is -0.388 e. The predicted octanol–water partition coefficient (Wildman–Crippen LogP) is 1.40. The van der Waals surface area contributed by atoms with Gasteiger partial charge in [0.1, 0.15) is 12.2 Å². The Kier molecular flexibility index (Phi) is 5.39. The summed E-state index contributed by atoms with van der Waals surface area (Å²) >= 11 is 6.15. The van der Waals surface area contributed by atoms with Crippen LogP contribution in [-0.2, 0) is 4.79 Å². The fourth-order valence-electron chi connectivity index (χ4n) is 4.23. The first-order chi connectivity index (χ1) is 13.5. The molecule has 152 valence electrons. The van der Waals surface area contributed by atoms with E-state index in [0.717, 1.165) is 12.8 Å². The third-order valence-electron chi connectivity index (χ3n) is 5.77. The zero-order valence-electron chi connectivity index (χ0n) is 15.7. The van der Waals surface area contributed by atoms with Crippen LogP contribution in [0.1, 0.15) is 51.5 Å². The zero-order valence-corrected chi connectivity index (χ0v) is 16.4. The summed E-state index contributed by atoms with van der Waals surface area (Å²) in [5.41, 5.74) is 1.08. The number of anilines is 1. The van der Waals surface area contributed by atoms with Crippen molar-refractivity contribution < 1.29 is 15.0 Å². The van der Waals surface area contributed by atoms with Gasteiger partial charge >= 0.3 is 0 Å². The lowest BCUT2D eigenvalue weighted by atomic mass is 10.2. The fourth-order valence-corrected chi connectivity index (χ4v) is 4.40. The van der Waals surface area contributed by atoms with Crippen molar-refractivity contribution in [1.29, 1.82) is 0 Å². The Labute approximate surface area is 167 Å². The molecule has 0 bridgehead atoms. The number of fused-ring (bicyclic) bond motifs is 1. The van der Waals surface area contributed by atoms with Crippen LogP contribution in [-0.4, -0.2) is 59.9 Å². The Balaban J connectivity index is 1.64. The molecule has 4 unspecified atom stereocenters. The predicted molar refractivity (Wildman–Crippen MR) is 104 cm³/mol. The van der Waals surface area contributed by atoms with Gasteiger partial charge in [-0.05, 0) is 30.9 Å². The second-order valence-electron chi connectivity index (χ2n) is 7.60. The van der Waals surface area contributed by atoms with Crippen molar-refractivity contribution in [2.45, 2.75) is 75.8 Å². The molecule has 2 heterocycles. The number of amides is 1. The Morgan fingerprint density at radius 3 is 2.75 bits per heavy atom. The maximum atomic E-state index is 11.7. The number of halogens is 1. The summed E-state index contributed by atoms with van der Waals surface area (Å²) in [6, 6.07) is -0.669. The van der Waals surface area contributed by atoms with Crippen LogP contribution >= 0.6 is 11.6 Å². The zero-order chi connectivity index (χ0) is 19.8. The highest BCUT2D eigenvalue weighted by molar-refractivity contribution is 6.28. The van der Waals surface area contributed by atoms with Crippen molar-refractivity contribution in [2.24, 2.45) is 0 Å². The maximum Gasteiger partial charge on any atom is 0.226 e. The maximum absolute atomic E-state index is 11.7. The minimum atomic E-state index is -1.06. The third kappa shape index (κ3) is 3.54. The van der Waals surface area contributed by atoms with Crippen molar-refractivity contribution in [3.05, 3.63) is 11.6 Å². The number of aliphatic hydroxyl groups excluding tert-OH is 2. The third-order valence-corrected chi connectivity index (χ3v) is 5.94. The van der Waals surface area contributed by atoms with Crippen LogP contribution in [0.2, 0.25) is 5.28 Å². The molecule has 2 aliphatic carbocycles. The average Bonchev–Trinajstić information content (AvgIpc) is 3.38. The van der Waals surface area contributed by atoms with E-state index in [0.29, 0.717) is 35.9 Å². The molecule has 4 atom stereocenters. The van der Waals surface area contributed by atoms with Crippen LogP contribution in [0.4, 0.5) is 5.82 Å². The largest absolute Gasteiger partial charge is 0.388 e. The standard InChI is InChI=1S/C18H25ClN6O3/c1-2-12(26)22-10-7-11(15(28)14(10)27)25-8-20-13-16(21-9-5-3-4-6-9)23-18(19)24-17(13)25/h8-11,14-15,27-28H,2-7H2,1H3,(H,22,26)(H,21,23,24). The van der Waals surface area contributed by atoms with Gasteiger partial charge in [0.15, 0.2) is 17.0 Å². The van der Waals surface area contributed by atoms with E-state index in [1.165, 1.54) is 12.8 Å². The van der Waals surface area contributed by atoms with Gasteiger partial charge in [-0.1, -0.05) is 19.8 Å². The van der Waals surface area contributed by atoms with Gasteiger partial charge in [0.25, 0.3) is 0 Å². The van der Waals surface area contributed by atoms with Crippen molar-refractivity contribution in [3.63, 3.8) is 0 Å². The van der Waals surface area contributed by atoms with E-state index in [9.17, 15) is 15.0 Å². The van der Waals surface area contributed by atoms with Crippen LogP contribution in [0.15, 0.2) is 6.33 Å². The molecule has 2 aromatic heterocycles. The number of carbonyl (C=O) groups excluding carboxylic acids is 1. The summed E-state index contributed by atoms with van der Waals surface area (Å²) in [7, 11) is 0. The molecule has 1 amide bonds. The van der Waals surface area contributed by atoms with Gasteiger partial charge in [0, 0.05) is 12.5 Å². The van der Waals surface area contributed by atoms with E-state index in [-0.39, 0.29) is 11.2 Å². The number of aliphatic hydroxyl groups is 2. The monoisotopic (exact) mass is 408 g/mol. The van der Waals surface area contributed by atoms with Gasteiger partial charge < -0.3 is 25.4 Å². The lowest BCUT2D eigenvalue weighted by molar-refractivity contribution is -0.122. The molecule has 0 radical (unpaired) electrons. The fraction of sp³-hybridized carbons (Fsp3) is 0.667. The van der Waals surface area contributed by atoms with Crippen LogP contribution < -0.4 is 10.6 Å². The van der Waals surface area contributed by atoms with E-state index >= 15 is 0 Å². The van der Waals surface area contributed by atoms with E-state index in [4.69, 9.17) is 11.6 Å². The van der Waals surface area contributed by atoms with Crippen LogP contribution in [0.25, 0.3) is 11.2 Å². The molecule has 10 heteroatoms. The number of nitrogens with one attached hydrogen (secondary N) is 2. The molecule has 2 aromatic rings. The van der Waals surface area contributed by atoms with Crippen LogP contribution in [0, 0.1) is 0 Å². The second-order valence-corrected chi connectivity index (χ2v) is 7.94. The van der Waals surface area contributed by atoms with E-state index < -0.39 is 24.3 Å². The molecule has 9 nitrogen and oxygen atoms in total. The number of hydrogen-bond acceptors (Lipinski definition) is 7. The van der Waals surface area contributed by atoms with E-state index in [1.54, 1.807) is 17.8 Å². The second kappa shape index (κ2) is 7.81. The highest BCUT2D eigenvalue weighted by Crippen LogP contribution is 2.35. The van der Waals surface area contributed by atoms with Gasteiger partial charge in [-0.15, -0.1) is 0 Å². The number of aromatic nitrogens is 4. The minimum absolute atomic E-state index is 0.0959. The normalized spacial score (nSPS) is 28.1. The number of imidazole rings is 1. The SMILES string of the molecule is CCC(=O)NC1CC(n2cnc3c(NC4CCCC4)nc(Cl)nc32)C(O)C1O. The molecule has 0 spiro atoms. The van der Waals surface area contributed by atoms with Gasteiger partial charge in [0.2, 0.25) is 11.2 Å². The van der Waals surface area contributed by atoms with Crippen LogP contribution in [0.5, 0.6) is 0 Å². The van der Waals surface area contributed by atoms with Gasteiger partial charge in [0.05, 0.1) is 18.4 Å². The molecule has 0 saturated heterocycles. The summed E-state index contributed by atoms with van der Waals surface area (Å²) in [6.07, 6.45) is 4.68. The quantitative estimate of drug-likeness (QED) is 0.551. The lowest BCUT2D eigenvalue weighted by Crippen LogP contribution is -2.42. The summed E-state index contributed by atoms with van der Waals surface area (Å²) in [5.74, 6) is 0.422. The molecular formula is C18H25ClN6O3. The van der Waals surface area contributed by atoms with Crippen molar-refractivity contribution in [1.82, 2.24) is 24.8 Å². The van der Waals surface area contributed by atoms with Gasteiger partial charge in [-0.25, -0.2) is 4.98 Å². The van der Waals surface area contributed by atoms with Crippen molar-refractivity contribution in [2.75, 3.05) is 5.32 Å². The number of hydrogen-bond donors (Lipinski definition) is 4. The topological polar surface area (TPSA) is 125 Å². The summed E-state index contributed by atoms with van der Waals surface area (Å²) in [6.45, 7) is 1.74. The first-order valence-electron chi connectivity index (χ1n) is 9.80. The highest BCUT2D eigenvalue weighted by Gasteiger charge is 2.43.